The molecule has 0 aromatic carbocycles. The van der Waals surface area contributed by atoms with Crippen molar-refractivity contribution in [3.63, 3.8) is 0 Å². The summed E-state index contributed by atoms with van der Waals surface area (Å²) in [7, 11) is 1.34. The first kappa shape index (κ1) is 15.3. The van der Waals surface area contributed by atoms with Crippen molar-refractivity contribution in [2.24, 2.45) is 5.92 Å². The second-order valence-electron chi connectivity index (χ2n) is 4.24. The lowest BCUT2D eigenvalue weighted by atomic mass is 10.2. The first-order chi connectivity index (χ1) is 7.47. The van der Waals surface area contributed by atoms with Gasteiger partial charge < -0.3 is 19.9 Å². The van der Waals surface area contributed by atoms with Gasteiger partial charge in [-0.25, -0.2) is 0 Å². The molecule has 2 unspecified atom stereocenters. The predicted molar refractivity (Wildman–Crippen MR) is 61.1 cm³/mol. The van der Waals surface area contributed by atoms with E-state index in [1.807, 2.05) is 13.8 Å². The summed E-state index contributed by atoms with van der Waals surface area (Å²) in [4.78, 5) is 11.0. The molecular formula is C11H23NO4. The molecule has 2 N–H and O–H groups in total. The van der Waals surface area contributed by atoms with Crippen LogP contribution in [0.25, 0.3) is 0 Å². The van der Waals surface area contributed by atoms with Crippen molar-refractivity contribution in [3.8, 4) is 0 Å². The third-order valence-corrected chi connectivity index (χ3v) is 1.98. The SMILES string of the molecule is COC(=O)C(C)NCC(O)COCC(C)C. The number of hydrogen-bond acceptors (Lipinski definition) is 5. The molecule has 0 aliphatic heterocycles. The van der Waals surface area contributed by atoms with Gasteiger partial charge in [0.05, 0.1) is 19.8 Å². The summed E-state index contributed by atoms with van der Waals surface area (Å²) in [6.45, 7) is 7.00. The molecule has 0 aliphatic carbocycles. The van der Waals surface area contributed by atoms with Crippen molar-refractivity contribution in [1.29, 1.82) is 0 Å². The van der Waals surface area contributed by atoms with Crippen molar-refractivity contribution in [3.05, 3.63) is 0 Å². The number of aliphatic hydroxyl groups is 1. The van der Waals surface area contributed by atoms with Crippen molar-refractivity contribution in [2.45, 2.75) is 32.9 Å². The van der Waals surface area contributed by atoms with Crippen molar-refractivity contribution in [2.75, 3.05) is 26.9 Å². The van der Waals surface area contributed by atoms with Crippen LogP contribution in [0.15, 0.2) is 0 Å². The van der Waals surface area contributed by atoms with Crippen LogP contribution in [0.1, 0.15) is 20.8 Å². The Bertz CT molecular complexity index is 196. The van der Waals surface area contributed by atoms with E-state index in [-0.39, 0.29) is 12.6 Å². The van der Waals surface area contributed by atoms with Gasteiger partial charge in [-0.15, -0.1) is 0 Å². The molecule has 0 spiro atoms. The average molecular weight is 233 g/mol. The zero-order chi connectivity index (χ0) is 12.6. The van der Waals surface area contributed by atoms with E-state index in [2.05, 4.69) is 10.1 Å². The van der Waals surface area contributed by atoms with Crippen LogP contribution in [-0.2, 0) is 14.3 Å². The third kappa shape index (κ3) is 7.62. The van der Waals surface area contributed by atoms with Gasteiger partial charge in [-0.05, 0) is 12.8 Å². The van der Waals surface area contributed by atoms with E-state index >= 15 is 0 Å². The first-order valence-corrected chi connectivity index (χ1v) is 5.54. The minimum atomic E-state index is -0.606. The Kier molecular flexibility index (Phi) is 8.15. The van der Waals surface area contributed by atoms with E-state index in [9.17, 15) is 9.90 Å². The number of esters is 1. The summed E-state index contributed by atoms with van der Waals surface area (Å²) in [5.74, 6) is 0.115. The molecule has 0 aromatic rings. The Morgan fingerprint density at radius 3 is 2.44 bits per heavy atom. The van der Waals surface area contributed by atoms with Gasteiger partial charge >= 0.3 is 5.97 Å². The topological polar surface area (TPSA) is 67.8 Å². The maximum absolute atomic E-state index is 11.0. The number of nitrogens with one attached hydrogen (secondary N) is 1. The second kappa shape index (κ2) is 8.50. The quantitative estimate of drug-likeness (QED) is 0.585. The molecule has 0 fully saturated rings. The highest BCUT2D eigenvalue weighted by molar-refractivity contribution is 5.75. The highest BCUT2D eigenvalue weighted by Gasteiger charge is 2.14. The molecule has 0 amide bonds. The summed E-state index contributed by atoms with van der Waals surface area (Å²) >= 11 is 0. The van der Waals surface area contributed by atoms with E-state index in [0.717, 1.165) is 0 Å². The van der Waals surface area contributed by atoms with Crippen molar-refractivity contribution < 1.29 is 19.4 Å². The number of methoxy groups -OCH3 is 1. The Labute approximate surface area is 97.1 Å². The molecule has 5 nitrogen and oxygen atoms in total. The lowest BCUT2D eigenvalue weighted by molar-refractivity contribution is -0.142. The molecule has 0 aliphatic rings. The zero-order valence-corrected chi connectivity index (χ0v) is 10.5. The van der Waals surface area contributed by atoms with Gasteiger partial charge in [-0.2, -0.15) is 0 Å². The van der Waals surface area contributed by atoms with Crippen LogP contribution in [0.3, 0.4) is 0 Å². The van der Waals surface area contributed by atoms with E-state index in [0.29, 0.717) is 19.1 Å². The van der Waals surface area contributed by atoms with Crippen molar-refractivity contribution in [1.82, 2.24) is 5.32 Å². The van der Waals surface area contributed by atoms with Crippen LogP contribution in [0.2, 0.25) is 0 Å². The molecule has 0 radical (unpaired) electrons. The van der Waals surface area contributed by atoms with Gasteiger partial charge in [0.2, 0.25) is 0 Å². The lowest BCUT2D eigenvalue weighted by Crippen LogP contribution is -2.40. The summed E-state index contributed by atoms with van der Waals surface area (Å²) in [6.07, 6.45) is -0.606. The molecule has 16 heavy (non-hydrogen) atoms. The highest BCUT2D eigenvalue weighted by Crippen LogP contribution is 1.94. The lowest BCUT2D eigenvalue weighted by Gasteiger charge is -2.16. The largest absolute Gasteiger partial charge is 0.468 e. The zero-order valence-electron chi connectivity index (χ0n) is 10.5. The molecule has 0 saturated heterocycles. The van der Waals surface area contributed by atoms with Crippen LogP contribution in [0.4, 0.5) is 0 Å². The fourth-order valence-corrected chi connectivity index (χ4v) is 1.07. The van der Waals surface area contributed by atoms with Gasteiger partial charge in [-0.1, -0.05) is 13.8 Å². The molecule has 96 valence electrons. The molecule has 0 bridgehead atoms. The van der Waals surface area contributed by atoms with Gasteiger partial charge in [0.15, 0.2) is 0 Å². The molecule has 0 aromatic heterocycles. The van der Waals surface area contributed by atoms with Gasteiger partial charge in [0.25, 0.3) is 0 Å². The third-order valence-electron chi connectivity index (χ3n) is 1.98. The Morgan fingerprint density at radius 1 is 1.31 bits per heavy atom. The van der Waals surface area contributed by atoms with Gasteiger partial charge in [-0.3, -0.25) is 4.79 Å². The monoisotopic (exact) mass is 233 g/mol. The van der Waals surface area contributed by atoms with Gasteiger partial charge in [0.1, 0.15) is 6.04 Å². The van der Waals surface area contributed by atoms with Crippen molar-refractivity contribution >= 4 is 5.97 Å². The van der Waals surface area contributed by atoms with Crippen LogP contribution in [0.5, 0.6) is 0 Å². The molecule has 5 heteroatoms. The summed E-state index contributed by atoms with van der Waals surface area (Å²) in [6, 6.07) is -0.412. The minimum absolute atomic E-state index is 0.277. The Morgan fingerprint density at radius 2 is 1.94 bits per heavy atom. The number of aliphatic hydroxyl groups excluding tert-OH is 1. The summed E-state index contributed by atoms with van der Waals surface area (Å²) in [5, 5.41) is 12.4. The summed E-state index contributed by atoms with van der Waals surface area (Å²) < 4.78 is 9.81. The maximum atomic E-state index is 11.0. The Balaban J connectivity index is 3.56. The molecule has 0 saturated carbocycles. The highest BCUT2D eigenvalue weighted by atomic mass is 16.5. The molecule has 0 rings (SSSR count). The number of ether oxygens (including phenoxy) is 2. The standard InChI is InChI=1S/C11H23NO4/c1-8(2)6-16-7-10(13)5-12-9(3)11(14)15-4/h8-10,12-13H,5-7H2,1-4H3. The second-order valence-corrected chi connectivity index (χ2v) is 4.24. The minimum Gasteiger partial charge on any atom is -0.468 e. The maximum Gasteiger partial charge on any atom is 0.322 e. The van der Waals surface area contributed by atoms with Crippen LogP contribution in [-0.4, -0.2) is 50.1 Å². The Hall–Kier alpha value is -0.650. The molecular weight excluding hydrogens is 210 g/mol. The van der Waals surface area contributed by atoms with Gasteiger partial charge in [0, 0.05) is 13.2 Å². The van der Waals surface area contributed by atoms with Crippen LogP contribution < -0.4 is 5.32 Å². The number of rotatable bonds is 8. The smallest absolute Gasteiger partial charge is 0.322 e. The van der Waals surface area contributed by atoms with Crippen LogP contribution >= 0.6 is 0 Å². The fourth-order valence-electron chi connectivity index (χ4n) is 1.07. The van der Waals surface area contributed by atoms with E-state index in [4.69, 9.17) is 4.74 Å². The predicted octanol–water partition coefficient (Wildman–Crippen LogP) is 0.171. The molecule has 0 heterocycles. The first-order valence-electron chi connectivity index (χ1n) is 5.54. The molecule has 2 atom stereocenters. The average Bonchev–Trinajstić information content (AvgIpc) is 2.24. The fraction of sp³-hybridized carbons (Fsp3) is 0.909. The van der Waals surface area contributed by atoms with Crippen LogP contribution in [0, 0.1) is 5.92 Å². The number of hydrogen-bond donors (Lipinski definition) is 2. The normalized spacial score (nSPS) is 14.9. The van der Waals surface area contributed by atoms with E-state index in [1.54, 1.807) is 6.92 Å². The number of carbonyl (C=O) groups is 1. The van der Waals surface area contributed by atoms with E-state index < -0.39 is 12.1 Å². The summed E-state index contributed by atoms with van der Waals surface area (Å²) in [5.41, 5.74) is 0. The number of carbonyl (C=O) groups excluding carboxylic acids is 1. The van der Waals surface area contributed by atoms with E-state index in [1.165, 1.54) is 7.11 Å².